The highest BCUT2D eigenvalue weighted by Crippen LogP contribution is 2.10. The predicted molar refractivity (Wildman–Crippen MR) is 86.2 cm³/mol. The number of nitrogens with two attached hydrogens (primary N) is 1. The zero-order chi connectivity index (χ0) is 15.5. The lowest BCUT2D eigenvalue weighted by atomic mass is 10.2. The molecule has 1 aromatic carbocycles. The summed E-state index contributed by atoms with van der Waals surface area (Å²) in [5.74, 6) is 0.0504. The zero-order valence-electron chi connectivity index (χ0n) is 13.1. The SMILES string of the molecule is COCCCN(C)CCCC(=O)Nc1cccc(CN)c1. The Labute approximate surface area is 127 Å². The second-order valence-corrected chi connectivity index (χ2v) is 5.21. The average molecular weight is 293 g/mol. The summed E-state index contributed by atoms with van der Waals surface area (Å²) in [6.45, 7) is 3.17. The lowest BCUT2D eigenvalue weighted by Gasteiger charge is -2.15. The highest BCUT2D eigenvalue weighted by atomic mass is 16.5. The van der Waals surface area contributed by atoms with Crippen molar-refractivity contribution in [3.8, 4) is 0 Å². The highest BCUT2D eigenvalue weighted by Gasteiger charge is 2.04. The quantitative estimate of drug-likeness (QED) is 0.646. The van der Waals surface area contributed by atoms with Crippen LogP contribution in [0.4, 0.5) is 5.69 Å². The Hall–Kier alpha value is -1.43. The van der Waals surface area contributed by atoms with E-state index in [1.807, 2.05) is 24.3 Å². The van der Waals surface area contributed by atoms with Crippen molar-refractivity contribution in [1.29, 1.82) is 0 Å². The second-order valence-electron chi connectivity index (χ2n) is 5.21. The molecule has 0 heterocycles. The van der Waals surface area contributed by atoms with E-state index in [1.54, 1.807) is 7.11 Å². The van der Waals surface area contributed by atoms with Crippen LogP contribution < -0.4 is 11.1 Å². The van der Waals surface area contributed by atoms with Crippen molar-refractivity contribution in [2.45, 2.75) is 25.8 Å². The van der Waals surface area contributed by atoms with E-state index in [0.29, 0.717) is 13.0 Å². The molecule has 0 aliphatic rings. The van der Waals surface area contributed by atoms with Crippen LogP contribution in [0.2, 0.25) is 0 Å². The van der Waals surface area contributed by atoms with Crippen LogP contribution in [0.5, 0.6) is 0 Å². The average Bonchev–Trinajstić information content (AvgIpc) is 2.47. The molecule has 0 unspecified atom stereocenters. The van der Waals surface area contributed by atoms with Crippen LogP contribution in [0, 0.1) is 0 Å². The van der Waals surface area contributed by atoms with Crippen LogP contribution in [0.3, 0.4) is 0 Å². The minimum atomic E-state index is 0.0504. The number of anilines is 1. The van der Waals surface area contributed by atoms with E-state index >= 15 is 0 Å². The van der Waals surface area contributed by atoms with Crippen molar-refractivity contribution in [3.63, 3.8) is 0 Å². The number of methoxy groups -OCH3 is 1. The molecule has 0 aliphatic heterocycles. The van der Waals surface area contributed by atoms with Crippen molar-refractivity contribution >= 4 is 11.6 Å². The highest BCUT2D eigenvalue weighted by molar-refractivity contribution is 5.90. The number of amides is 1. The van der Waals surface area contributed by atoms with Crippen LogP contribution in [0.25, 0.3) is 0 Å². The Morgan fingerprint density at radius 1 is 1.33 bits per heavy atom. The van der Waals surface area contributed by atoms with Crippen molar-refractivity contribution in [3.05, 3.63) is 29.8 Å². The van der Waals surface area contributed by atoms with Crippen LogP contribution in [0.15, 0.2) is 24.3 Å². The Morgan fingerprint density at radius 3 is 2.81 bits per heavy atom. The molecule has 1 amide bonds. The molecule has 21 heavy (non-hydrogen) atoms. The molecular weight excluding hydrogens is 266 g/mol. The maximum Gasteiger partial charge on any atom is 0.224 e. The van der Waals surface area contributed by atoms with E-state index in [2.05, 4.69) is 17.3 Å². The summed E-state index contributed by atoms with van der Waals surface area (Å²) >= 11 is 0. The maximum atomic E-state index is 11.9. The molecule has 5 heteroatoms. The number of nitrogens with one attached hydrogen (secondary N) is 1. The van der Waals surface area contributed by atoms with E-state index < -0.39 is 0 Å². The van der Waals surface area contributed by atoms with Crippen LogP contribution in [-0.2, 0) is 16.1 Å². The molecule has 0 saturated carbocycles. The number of hydrogen-bond acceptors (Lipinski definition) is 4. The minimum Gasteiger partial charge on any atom is -0.385 e. The van der Waals surface area contributed by atoms with Gasteiger partial charge in [0.05, 0.1) is 0 Å². The van der Waals surface area contributed by atoms with Crippen LogP contribution in [0.1, 0.15) is 24.8 Å². The fraction of sp³-hybridized carbons (Fsp3) is 0.562. The molecule has 1 rings (SSSR count). The number of ether oxygens (including phenoxy) is 1. The van der Waals surface area contributed by atoms with Gasteiger partial charge in [-0.25, -0.2) is 0 Å². The third-order valence-electron chi connectivity index (χ3n) is 3.28. The van der Waals surface area contributed by atoms with E-state index in [9.17, 15) is 4.79 Å². The Kier molecular flexibility index (Phi) is 8.66. The van der Waals surface area contributed by atoms with Gasteiger partial charge < -0.3 is 20.7 Å². The third-order valence-corrected chi connectivity index (χ3v) is 3.28. The first-order chi connectivity index (χ1) is 10.2. The number of carbonyl (C=O) groups excluding carboxylic acids is 1. The normalized spacial score (nSPS) is 10.9. The molecule has 0 saturated heterocycles. The lowest BCUT2D eigenvalue weighted by molar-refractivity contribution is -0.116. The van der Waals surface area contributed by atoms with Gasteiger partial charge in [-0.05, 0) is 44.1 Å². The second kappa shape index (κ2) is 10.3. The van der Waals surface area contributed by atoms with Gasteiger partial charge in [0.2, 0.25) is 5.91 Å². The number of hydrogen-bond donors (Lipinski definition) is 2. The fourth-order valence-corrected chi connectivity index (χ4v) is 2.10. The van der Waals surface area contributed by atoms with Gasteiger partial charge in [0.15, 0.2) is 0 Å². The van der Waals surface area contributed by atoms with Gasteiger partial charge in [-0.1, -0.05) is 12.1 Å². The molecule has 0 fully saturated rings. The van der Waals surface area contributed by atoms with E-state index in [4.69, 9.17) is 10.5 Å². The molecule has 0 atom stereocenters. The standard InChI is InChI=1S/C16H27N3O2/c1-19(10-5-11-21-2)9-4-8-16(20)18-15-7-3-6-14(12-15)13-17/h3,6-7,12H,4-5,8-11,13,17H2,1-2H3,(H,18,20). The molecule has 0 aliphatic carbocycles. The minimum absolute atomic E-state index is 0.0504. The number of rotatable bonds is 10. The summed E-state index contributed by atoms with van der Waals surface area (Å²) in [4.78, 5) is 14.1. The summed E-state index contributed by atoms with van der Waals surface area (Å²) in [7, 11) is 3.78. The zero-order valence-corrected chi connectivity index (χ0v) is 13.1. The summed E-state index contributed by atoms with van der Waals surface area (Å²) in [6, 6.07) is 7.65. The van der Waals surface area contributed by atoms with Gasteiger partial charge in [0.1, 0.15) is 0 Å². The molecule has 0 bridgehead atoms. The van der Waals surface area contributed by atoms with Gasteiger partial charge in [-0.3, -0.25) is 4.79 Å². The molecule has 0 aromatic heterocycles. The van der Waals surface area contributed by atoms with Gasteiger partial charge in [-0.15, -0.1) is 0 Å². The number of benzene rings is 1. The summed E-state index contributed by atoms with van der Waals surface area (Å²) in [5.41, 5.74) is 7.42. The molecule has 118 valence electrons. The largest absolute Gasteiger partial charge is 0.385 e. The third kappa shape index (κ3) is 7.80. The molecule has 0 spiro atoms. The van der Waals surface area contributed by atoms with Gasteiger partial charge in [0.25, 0.3) is 0 Å². The number of nitrogens with zero attached hydrogens (tertiary/aromatic N) is 1. The fourth-order valence-electron chi connectivity index (χ4n) is 2.10. The first kappa shape index (κ1) is 17.6. The smallest absolute Gasteiger partial charge is 0.224 e. The van der Waals surface area contributed by atoms with E-state index in [1.165, 1.54) is 0 Å². The lowest BCUT2D eigenvalue weighted by Crippen LogP contribution is -2.23. The van der Waals surface area contributed by atoms with Gasteiger partial charge in [-0.2, -0.15) is 0 Å². The summed E-state index contributed by atoms with van der Waals surface area (Å²) in [6.07, 6.45) is 2.40. The Balaban J connectivity index is 2.21. The number of carbonyl (C=O) groups is 1. The van der Waals surface area contributed by atoms with Gasteiger partial charge in [0, 0.05) is 38.9 Å². The van der Waals surface area contributed by atoms with Crippen molar-refractivity contribution in [1.82, 2.24) is 4.90 Å². The van der Waals surface area contributed by atoms with Crippen molar-refractivity contribution in [2.24, 2.45) is 5.73 Å². The first-order valence-electron chi connectivity index (χ1n) is 7.42. The molecule has 0 radical (unpaired) electrons. The van der Waals surface area contributed by atoms with E-state index in [-0.39, 0.29) is 5.91 Å². The summed E-state index contributed by atoms with van der Waals surface area (Å²) < 4.78 is 5.02. The van der Waals surface area contributed by atoms with Crippen LogP contribution in [-0.4, -0.2) is 44.7 Å². The van der Waals surface area contributed by atoms with E-state index in [0.717, 1.165) is 43.8 Å². The molecule has 5 nitrogen and oxygen atoms in total. The van der Waals surface area contributed by atoms with Crippen molar-refractivity contribution in [2.75, 3.05) is 39.2 Å². The Morgan fingerprint density at radius 2 is 2.10 bits per heavy atom. The van der Waals surface area contributed by atoms with Crippen LogP contribution >= 0.6 is 0 Å². The van der Waals surface area contributed by atoms with Gasteiger partial charge >= 0.3 is 0 Å². The van der Waals surface area contributed by atoms with Crippen molar-refractivity contribution < 1.29 is 9.53 Å². The molecule has 1 aromatic rings. The molecule has 3 N–H and O–H groups in total. The molecular formula is C16H27N3O2. The first-order valence-corrected chi connectivity index (χ1v) is 7.42. The predicted octanol–water partition coefficient (Wildman–Crippen LogP) is 1.83. The Bertz CT molecular complexity index is 424. The maximum absolute atomic E-state index is 11.9. The topological polar surface area (TPSA) is 67.6 Å². The summed E-state index contributed by atoms with van der Waals surface area (Å²) in [5, 5.41) is 2.91. The monoisotopic (exact) mass is 293 g/mol.